The van der Waals surface area contributed by atoms with Crippen LogP contribution in [0.1, 0.15) is 72.6 Å². The second-order valence-electron chi connectivity index (χ2n) is 17.2. The predicted octanol–water partition coefficient (Wildman–Crippen LogP) is 5.41. The Morgan fingerprint density at radius 1 is 1.17 bits per heavy atom. The van der Waals surface area contributed by atoms with Crippen molar-refractivity contribution >= 4 is 62.1 Å². The highest BCUT2D eigenvalue weighted by Gasteiger charge is 2.64. The van der Waals surface area contributed by atoms with Crippen LogP contribution < -0.4 is 14.8 Å². The predicted molar refractivity (Wildman–Crippen MR) is 209 cm³/mol. The number of carbonyl (C=O) groups excluding carboxylic acids is 3. The number of imidazole rings is 1. The Hall–Kier alpha value is -4.72. The number of hydrogen-bond donors (Lipinski definition) is 3. The van der Waals surface area contributed by atoms with Crippen LogP contribution in [0.3, 0.4) is 0 Å². The van der Waals surface area contributed by atoms with Crippen LogP contribution in [-0.2, 0) is 24.4 Å². The summed E-state index contributed by atoms with van der Waals surface area (Å²) in [5.74, 6) is -4.90. The summed E-state index contributed by atoms with van der Waals surface area (Å²) in [6.07, 6.45) is -1.03. The standard InChI is InChI=1S/C39H46ClF4N7O8S/c1-21-7-5-6-8-23-18-38(23,33(54)48-60(57,58)37(20-41)11-12-37)47-30(52)28-17-25(59-31-26-16-24(40)9-10-27(26)49-14-13-45-34(49)46-31)19-50(28)32(53)29(22(2)15-21)51(35(55)56)36(3,4)39(42,43)44/h6,8-10,13-14,16,21-23,25,28-29H,5,7,11-12,15,17-20H2,1-4H3,(H,47,52)(H,48,54)(H,55,56)/t21-,22-,23-,25-,28+,29+,38-/m1/s1. The van der Waals surface area contributed by atoms with Crippen molar-refractivity contribution in [3.63, 3.8) is 0 Å². The number of sulfonamides is 1. The van der Waals surface area contributed by atoms with Gasteiger partial charge in [-0.3, -0.25) is 28.4 Å². The molecular weight excluding hydrogens is 838 g/mol. The number of halogens is 5. The molecule has 2 aliphatic heterocycles. The van der Waals surface area contributed by atoms with E-state index < -0.39 is 99.1 Å². The molecule has 15 nitrogen and oxygen atoms in total. The molecule has 4 aliphatic rings. The second kappa shape index (κ2) is 15.3. The molecule has 60 heavy (non-hydrogen) atoms. The number of fused-ring (bicyclic) bond motifs is 5. The molecule has 0 radical (unpaired) electrons. The van der Waals surface area contributed by atoms with E-state index >= 15 is 4.79 Å². The summed E-state index contributed by atoms with van der Waals surface area (Å²) in [6.45, 7) is 2.98. The highest BCUT2D eigenvalue weighted by molar-refractivity contribution is 7.91. The van der Waals surface area contributed by atoms with Gasteiger partial charge in [0.05, 0.1) is 17.4 Å². The number of carboxylic acid groups (broad SMARTS) is 1. The summed E-state index contributed by atoms with van der Waals surface area (Å²) in [5.41, 5.74) is -4.35. The molecule has 0 bridgehead atoms. The van der Waals surface area contributed by atoms with Crippen molar-refractivity contribution in [1.29, 1.82) is 0 Å². The first-order valence-corrected chi connectivity index (χ1v) is 21.5. The van der Waals surface area contributed by atoms with E-state index in [1.54, 1.807) is 40.9 Å². The number of nitrogens with zero attached hydrogens (tertiary/aromatic N) is 5. The van der Waals surface area contributed by atoms with Crippen molar-refractivity contribution in [2.24, 2.45) is 17.8 Å². The number of carbonyl (C=O) groups is 4. The van der Waals surface area contributed by atoms with Gasteiger partial charge in [0, 0.05) is 29.8 Å². The number of allylic oxidation sites excluding steroid dienone is 1. The van der Waals surface area contributed by atoms with E-state index in [0.29, 0.717) is 42.6 Å². The number of hydrogen-bond acceptors (Lipinski definition) is 9. The van der Waals surface area contributed by atoms with Gasteiger partial charge in [0.2, 0.25) is 33.5 Å². The van der Waals surface area contributed by atoms with Crippen LogP contribution in [0.5, 0.6) is 5.88 Å². The van der Waals surface area contributed by atoms with Gasteiger partial charge in [-0.25, -0.2) is 22.6 Å². The molecular formula is C39H46ClF4N7O8S. The zero-order valence-corrected chi connectivity index (χ0v) is 34.8. The van der Waals surface area contributed by atoms with Gasteiger partial charge < -0.3 is 20.1 Å². The van der Waals surface area contributed by atoms with Crippen LogP contribution in [0.25, 0.3) is 16.7 Å². The lowest BCUT2D eigenvalue weighted by molar-refractivity contribution is -0.222. The monoisotopic (exact) mass is 883 g/mol. The van der Waals surface area contributed by atoms with Gasteiger partial charge in [-0.15, -0.1) is 0 Å². The summed E-state index contributed by atoms with van der Waals surface area (Å²) in [5, 5.41) is 13.9. The zero-order chi connectivity index (χ0) is 43.7. The topological polar surface area (TPSA) is 193 Å². The van der Waals surface area contributed by atoms with E-state index in [9.17, 15) is 45.5 Å². The fourth-order valence-electron chi connectivity index (χ4n) is 8.59. The van der Waals surface area contributed by atoms with Crippen molar-refractivity contribution in [2.75, 3.05) is 13.2 Å². The number of nitrogens with one attached hydrogen (secondary N) is 2. The molecule has 3 fully saturated rings. The number of benzene rings is 1. The van der Waals surface area contributed by atoms with Crippen LogP contribution in [0.2, 0.25) is 5.02 Å². The Bertz CT molecular complexity index is 2370. The average molecular weight is 884 g/mol. The molecule has 4 heterocycles. The van der Waals surface area contributed by atoms with Gasteiger partial charge in [-0.2, -0.15) is 18.2 Å². The molecule has 2 aliphatic carbocycles. The first-order chi connectivity index (χ1) is 28.1. The van der Waals surface area contributed by atoms with Gasteiger partial charge in [0.1, 0.15) is 40.7 Å². The van der Waals surface area contributed by atoms with E-state index in [1.165, 1.54) is 13.1 Å². The molecule has 0 spiro atoms. The van der Waals surface area contributed by atoms with Crippen LogP contribution >= 0.6 is 11.6 Å². The lowest BCUT2D eigenvalue weighted by atomic mass is 9.85. The summed E-state index contributed by atoms with van der Waals surface area (Å²) >= 11 is 6.35. The smallest absolute Gasteiger partial charge is 0.411 e. The fraction of sp³-hybridized carbons (Fsp3) is 0.590. The molecule has 1 saturated heterocycles. The van der Waals surface area contributed by atoms with E-state index in [0.717, 1.165) is 4.90 Å². The molecule has 326 valence electrons. The lowest BCUT2D eigenvalue weighted by Gasteiger charge is -2.45. The molecule has 7 rings (SSSR count). The van der Waals surface area contributed by atoms with E-state index in [4.69, 9.17) is 16.3 Å². The molecule has 3 aromatic rings. The summed E-state index contributed by atoms with van der Waals surface area (Å²) in [6, 6.07) is 1.40. The third-order valence-corrected chi connectivity index (χ3v) is 14.9. The number of rotatable bonds is 8. The Morgan fingerprint density at radius 2 is 1.88 bits per heavy atom. The highest BCUT2D eigenvalue weighted by Crippen LogP contribution is 2.48. The van der Waals surface area contributed by atoms with E-state index in [1.807, 2.05) is 11.6 Å². The highest BCUT2D eigenvalue weighted by atomic mass is 35.5. The third-order valence-electron chi connectivity index (χ3n) is 12.6. The molecule has 2 aromatic heterocycles. The van der Waals surface area contributed by atoms with Crippen LogP contribution in [0, 0.1) is 17.8 Å². The lowest BCUT2D eigenvalue weighted by Crippen LogP contribution is -2.66. The van der Waals surface area contributed by atoms with Gasteiger partial charge in [0.25, 0.3) is 5.91 Å². The van der Waals surface area contributed by atoms with E-state index in [2.05, 4.69) is 15.3 Å². The van der Waals surface area contributed by atoms with Crippen LogP contribution in [0.15, 0.2) is 42.7 Å². The first kappa shape index (κ1) is 43.4. The summed E-state index contributed by atoms with van der Waals surface area (Å²) < 4.78 is 92.8. The molecule has 3 N–H and O–H groups in total. The second-order valence-corrected chi connectivity index (χ2v) is 19.7. The average Bonchev–Trinajstić information content (AvgIpc) is 4.00. The van der Waals surface area contributed by atoms with Crippen LogP contribution in [0.4, 0.5) is 22.4 Å². The van der Waals surface area contributed by atoms with Gasteiger partial charge >= 0.3 is 12.3 Å². The number of alkyl halides is 4. The first-order valence-electron chi connectivity index (χ1n) is 19.7. The van der Waals surface area contributed by atoms with Crippen molar-refractivity contribution in [2.45, 2.75) is 113 Å². The SMILES string of the molecule is C[C@@H]1CCC=C[C@@H]2C[C@@]2(C(=O)NS(=O)(=O)C2(CF)CC2)NC(=O)[C@@H]2C[C@@H](Oc3nc4nccn4c4ccc(Cl)cc34)CN2C(=O)[C@@H](N(C(=O)O)C(C)(C)C(F)(F)F)[C@H](C)C1. The molecule has 4 amide bonds. The maximum Gasteiger partial charge on any atom is 0.411 e. The Balaban J connectivity index is 1.31. The number of amides is 4. The Morgan fingerprint density at radius 3 is 2.53 bits per heavy atom. The van der Waals surface area contributed by atoms with Crippen molar-refractivity contribution < 1.29 is 55.0 Å². The number of ether oxygens (including phenoxy) is 1. The van der Waals surface area contributed by atoms with E-state index in [-0.39, 0.29) is 54.6 Å². The zero-order valence-electron chi connectivity index (χ0n) is 33.2. The van der Waals surface area contributed by atoms with Crippen molar-refractivity contribution in [3.8, 4) is 5.88 Å². The van der Waals surface area contributed by atoms with Crippen LogP contribution in [-0.4, -0.2) is 115 Å². The normalized spacial score (nSPS) is 28.6. The van der Waals surface area contributed by atoms with Crippen molar-refractivity contribution in [3.05, 3.63) is 47.8 Å². The van der Waals surface area contributed by atoms with Gasteiger partial charge in [-0.1, -0.05) is 37.6 Å². The maximum absolute atomic E-state index is 15.1. The minimum absolute atomic E-state index is 0.00449. The molecule has 2 saturated carbocycles. The quantitative estimate of drug-likeness (QED) is 0.195. The maximum atomic E-state index is 15.1. The summed E-state index contributed by atoms with van der Waals surface area (Å²) in [7, 11) is -4.52. The molecule has 1 aromatic carbocycles. The third kappa shape index (κ3) is 7.62. The van der Waals surface area contributed by atoms with Gasteiger partial charge in [-0.05, 0) is 82.4 Å². The molecule has 7 atom stereocenters. The molecule has 21 heteroatoms. The largest absolute Gasteiger partial charge is 0.472 e. The minimum atomic E-state index is -5.13. The summed E-state index contributed by atoms with van der Waals surface area (Å²) in [4.78, 5) is 66.4. The molecule has 0 unspecified atom stereocenters. The van der Waals surface area contributed by atoms with Gasteiger partial charge in [0.15, 0.2) is 0 Å². The number of aromatic nitrogens is 3. The van der Waals surface area contributed by atoms with Crippen molar-refractivity contribution in [1.82, 2.24) is 34.2 Å². The Labute approximate surface area is 347 Å². The fourth-order valence-corrected chi connectivity index (χ4v) is 10.2. The minimum Gasteiger partial charge on any atom is -0.472 e. The Kier molecular flexibility index (Phi) is 11.1.